The number of carbonyl (C=O) groups excluding carboxylic acids is 2. The van der Waals surface area contributed by atoms with E-state index in [1.165, 1.54) is 7.05 Å². The second-order valence-electron chi connectivity index (χ2n) is 9.88. The first-order valence-corrected chi connectivity index (χ1v) is 14.8. The van der Waals surface area contributed by atoms with Crippen molar-refractivity contribution in [3.63, 3.8) is 0 Å². The number of halogens is 1. The smallest absolute Gasteiger partial charge is 0.433 e. The highest BCUT2D eigenvalue weighted by molar-refractivity contribution is 8.00. The minimum absolute atomic E-state index is 0.00855. The van der Waals surface area contributed by atoms with E-state index in [0.717, 1.165) is 5.56 Å². The van der Waals surface area contributed by atoms with Gasteiger partial charge in [0.15, 0.2) is 0 Å². The molecule has 0 aliphatic heterocycles. The molecule has 0 spiro atoms. The molecule has 2 unspecified atom stereocenters. The summed E-state index contributed by atoms with van der Waals surface area (Å²) in [6.45, 7) is 7.84. The van der Waals surface area contributed by atoms with Crippen LogP contribution in [0.1, 0.15) is 50.8 Å². The maximum absolute atomic E-state index is 13.0. The van der Waals surface area contributed by atoms with Crippen molar-refractivity contribution in [2.24, 2.45) is 11.1 Å². The van der Waals surface area contributed by atoms with Gasteiger partial charge in [0.1, 0.15) is 17.6 Å². The lowest BCUT2D eigenvalue weighted by Crippen LogP contribution is -2.22. The Morgan fingerprint density at radius 2 is 1.64 bits per heavy atom. The van der Waals surface area contributed by atoms with Crippen LogP contribution in [0.4, 0.5) is 4.79 Å². The van der Waals surface area contributed by atoms with Crippen LogP contribution in [-0.2, 0) is 14.4 Å². The molecule has 42 heavy (non-hydrogen) atoms. The van der Waals surface area contributed by atoms with Gasteiger partial charge in [0.25, 0.3) is 0 Å². The van der Waals surface area contributed by atoms with Crippen molar-refractivity contribution in [2.75, 3.05) is 13.3 Å². The Morgan fingerprint density at radius 3 is 2.21 bits per heavy atom. The van der Waals surface area contributed by atoms with Crippen LogP contribution in [0.2, 0.25) is 5.02 Å². The lowest BCUT2D eigenvalue weighted by Gasteiger charge is -2.22. The third-order valence-corrected chi connectivity index (χ3v) is 7.28. The Morgan fingerprint density at radius 1 is 1.00 bits per heavy atom. The Hall–Kier alpha value is -4.00. The summed E-state index contributed by atoms with van der Waals surface area (Å²) in [4.78, 5) is 27.9. The van der Waals surface area contributed by atoms with Crippen LogP contribution in [0, 0.1) is 17.2 Å². The van der Waals surface area contributed by atoms with Crippen LogP contribution in [0.15, 0.2) is 84.0 Å². The van der Waals surface area contributed by atoms with Gasteiger partial charge in [0, 0.05) is 22.4 Å². The fourth-order valence-corrected chi connectivity index (χ4v) is 3.76. The summed E-state index contributed by atoms with van der Waals surface area (Å²) in [6, 6.07) is 25.5. The molecule has 0 saturated heterocycles. The zero-order valence-electron chi connectivity index (χ0n) is 24.5. The van der Waals surface area contributed by atoms with E-state index in [1.807, 2.05) is 76.4 Å². The average molecular weight is 610 g/mol. The minimum Gasteiger partial charge on any atom is -0.457 e. The van der Waals surface area contributed by atoms with E-state index >= 15 is 0 Å². The van der Waals surface area contributed by atoms with Gasteiger partial charge >= 0.3 is 12.1 Å². The topological polar surface area (TPSA) is 110 Å². The van der Waals surface area contributed by atoms with Crippen molar-refractivity contribution >= 4 is 41.6 Å². The highest BCUT2D eigenvalue weighted by atomic mass is 35.5. The molecule has 0 bridgehead atoms. The predicted molar refractivity (Wildman–Crippen MR) is 168 cm³/mol. The van der Waals surface area contributed by atoms with Crippen molar-refractivity contribution in [3.05, 3.63) is 95.0 Å². The SMILES string of the molecule is CC(C)C(C(=O)OC(C#N)c1cccc(Oc2ccccc2)c1)c1ccc(Cl)cc1.CNC(=O)O/N=C/C(C)(C)SC. The summed E-state index contributed by atoms with van der Waals surface area (Å²) in [5, 5.41) is 16.1. The minimum atomic E-state index is -1.04. The summed E-state index contributed by atoms with van der Waals surface area (Å²) in [5.41, 5.74) is 1.36. The van der Waals surface area contributed by atoms with Gasteiger partial charge in [0.05, 0.1) is 12.1 Å². The molecule has 1 N–H and O–H groups in total. The van der Waals surface area contributed by atoms with Crippen LogP contribution in [0.5, 0.6) is 11.5 Å². The number of nitrogens with zero attached hydrogens (tertiary/aromatic N) is 2. The fourth-order valence-electron chi connectivity index (χ4n) is 3.49. The second-order valence-corrected chi connectivity index (χ2v) is 11.8. The zero-order valence-corrected chi connectivity index (χ0v) is 26.1. The van der Waals surface area contributed by atoms with E-state index in [2.05, 4.69) is 21.4 Å². The molecular weight excluding hydrogens is 574 g/mol. The number of rotatable bonds is 10. The highest BCUT2D eigenvalue weighted by Crippen LogP contribution is 2.31. The molecule has 3 aromatic rings. The fraction of sp³-hybridized carbons (Fsp3) is 0.312. The molecule has 3 aromatic carbocycles. The number of ether oxygens (including phenoxy) is 2. The predicted octanol–water partition coefficient (Wildman–Crippen LogP) is 8.15. The third kappa shape index (κ3) is 11.5. The molecule has 0 aliphatic carbocycles. The molecule has 0 aromatic heterocycles. The van der Waals surface area contributed by atoms with E-state index in [9.17, 15) is 14.9 Å². The number of hydrogen-bond acceptors (Lipinski definition) is 8. The van der Waals surface area contributed by atoms with E-state index in [4.69, 9.17) is 21.1 Å². The van der Waals surface area contributed by atoms with Crippen molar-refractivity contribution < 1.29 is 23.9 Å². The molecule has 3 rings (SSSR count). The van der Waals surface area contributed by atoms with Crippen molar-refractivity contribution in [3.8, 4) is 17.6 Å². The largest absolute Gasteiger partial charge is 0.457 e. The monoisotopic (exact) mass is 609 g/mol. The van der Waals surface area contributed by atoms with Crippen LogP contribution in [0.25, 0.3) is 0 Å². The zero-order chi connectivity index (χ0) is 31.1. The average Bonchev–Trinajstić information content (AvgIpc) is 2.97. The molecule has 222 valence electrons. The second kappa shape index (κ2) is 17.1. The van der Waals surface area contributed by atoms with Crippen LogP contribution >= 0.6 is 23.4 Å². The number of nitrogens with one attached hydrogen (secondary N) is 1. The van der Waals surface area contributed by atoms with E-state index in [0.29, 0.717) is 22.1 Å². The van der Waals surface area contributed by atoms with Crippen molar-refractivity contribution in [1.82, 2.24) is 5.32 Å². The number of hydrogen-bond donors (Lipinski definition) is 1. The molecule has 0 fully saturated rings. The van der Waals surface area contributed by atoms with Gasteiger partial charge in [-0.15, -0.1) is 0 Å². The molecule has 0 radical (unpaired) electrons. The lowest BCUT2D eigenvalue weighted by atomic mass is 9.88. The van der Waals surface area contributed by atoms with Gasteiger partial charge in [-0.3, -0.25) is 9.63 Å². The normalized spacial score (nSPS) is 12.4. The first kappa shape index (κ1) is 34.2. The first-order valence-electron chi connectivity index (χ1n) is 13.2. The molecular formula is C32H36ClN3O5S. The third-order valence-electron chi connectivity index (χ3n) is 5.87. The van der Waals surface area contributed by atoms with E-state index in [1.54, 1.807) is 54.4 Å². The highest BCUT2D eigenvalue weighted by Gasteiger charge is 2.29. The number of amides is 1. The summed E-state index contributed by atoms with van der Waals surface area (Å²) in [5.74, 6) is 0.289. The summed E-state index contributed by atoms with van der Waals surface area (Å²) in [6.07, 6.45) is 1.97. The molecule has 0 saturated carbocycles. The van der Waals surface area contributed by atoms with Crippen molar-refractivity contribution in [2.45, 2.75) is 44.5 Å². The molecule has 0 heterocycles. The maximum atomic E-state index is 13.0. The number of benzene rings is 3. The first-order chi connectivity index (χ1) is 20.0. The summed E-state index contributed by atoms with van der Waals surface area (Å²) in [7, 11) is 1.48. The van der Waals surface area contributed by atoms with Gasteiger partial charge in [0.2, 0.25) is 6.10 Å². The van der Waals surface area contributed by atoms with Crippen LogP contribution in [-0.4, -0.2) is 36.3 Å². The number of esters is 1. The van der Waals surface area contributed by atoms with E-state index in [-0.39, 0.29) is 10.7 Å². The van der Waals surface area contributed by atoms with Crippen LogP contribution < -0.4 is 10.1 Å². The Bertz CT molecular complexity index is 1360. The van der Waals surface area contributed by atoms with E-state index < -0.39 is 24.1 Å². The maximum Gasteiger partial charge on any atom is 0.433 e. The Labute approximate surface area is 257 Å². The van der Waals surface area contributed by atoms with Gasteiger partial charge in [-0.1, -0.05) is 73.1 Å². The van der Waals surface area contributed by atoms with Gasteiger partial charge in [-0.2, -0.15) is 17.0 Å². The van der Waals surface area contributed by atoms with Gasteiger partial charge in [-0.25, -0.2) is 4.79 Å². The van der Waals surface area contributed by atoms with Gasteiger partial charge in [-0.05, 0) is 68.0 Å². The molecule has 8 nitrogen and oxygen atoms in total. The number of thioether (sulfide) groups is 1. The summed E-state index contributed by atoms with van der Waals surface area (Å²) >= 11 is 7.59. The number of nitriles is 1. The van der Waals surface area contributed by atoms with Crippen molar-refractivity contribution in [1.29, 1.82) is 5.26 Å². The Balaban J connectivity index is 0.000000435. The lowest BCUT2D eigenvalue weighted by molar-refractivity contribution is -0.150. The number of para-hydroxylation sites is 1. The van der Waals surface area contributed by atoms with Crippen LogP contribution in [0.3, 0.4) is 0 Å². The molecule has 10 heteroatoms. The molecule has 0 aliphatic rings. The summed E-state index contributed by atoms with van der Waals surface area (Å²) < 4.78 is 11.3. The number of oxime groups is 1. The van der Waals surface area contributed by atoms with Gasteiger partial charge < -0.3 is 14.8 Å². The number of carbonyl (C=O) groups is 2. The molecule has 1 amide bonds. The molecule has 2 atom stereocenters. The quantitative estimate of drug-likeness (QED) is 0.107. The standard InChI is InChI=1S/C25H22ClNO3.C7H14N2O2S/c1-17(2)24(18-11-13-20(26)14-12-18)25(28)30-23(16-27)19-7-6-10-22(15-19)29-21-8-4-3-5-9-21;1-7(2,12-4)5-9-11-6(10)8-3/h3-15,17,23-24H,1-2H3;5H,1-4H3,(H,8,10)/b;9-5+. The Kier molecular flexibility index (Phi) is 13.9.